The van der Waals surface area contributed by atoms with E-state index in [1.807, 2.05) is 36.6 Å². The second-order valence-corrected chi connectivity index (χ2v) is 5.13. The molecule has 4 N–H and O–H groups in total. The van der Waals surface area contributed by atoms with Crippen LogP contribution in [0.4, 0.5) is 0 Å². The fourth-order valence-electron chi connectivity index (χ4n) is 1.44. The molecule has 0 aliphatic rings. The van der Waals surface area contributed by atoms with Crippen LogP contribution in [-0.2, 0) is 20.9 Å². The molecule has 6 heteroatoms. The Labute approximate surface area is 116 Å². The molecule has 0 unspecified atom stereocenters. The second kappa shape index (κ2) is 7.16. The van der Waals surface area contributed by atoms with E-state index in [0.29, 0.717) is 5.75 Å². The quantitative estimate of drug-likeness (QED) is 0.566. The van der Waals surface area contributed by atoms with E-state index in [1.165, 1.54) is 11.8 Å². The molecular weight excluding hydrogens is 264 g/mol. The molecule has 1 atom stereocenters. The Morgan fingerprint density at radius 1 is 1.32 bits per heavy atom. The highest BCUT2D eigenvalue weighted by atomic mass is 32.2. The third kappa shape index (κ3) is 4.25. The molecule has 0 aliphatic carbocycles. The molecule has 1 rings (SSSR count). The summed E-state index contributed by atoms with van der Waals surface area (Å²) < 4.78 is 5.08. The zero-order valence-electron chi connectivity index (χ0n) is 10.8. The number of ether oxygens (including phenoxy) is 1. The van der Waals surface area contributed by atoms with Crippen LogP contribution < -0.4 is 11.5 Å². The van der Waals surface area contributed by atoms with E-state index in [4.69, 9.17) is 16.2 Å². The van der Waals surface area contributed by atoms with Gasteiger partial charge in [-0.1, -0.05) is 30.3 Å². The third-order valence-electron chi connectivity index (χ3n) is 2.72. The van der Waals surface area contributed by atoms with E-state index in [2.05, 4.69) is 0 Å². The van der Waals surface area contributed by atoms with E-state index in [9.17, 15) is 9.59 Å². The molecule has 0 fully saturated rings. The first-order valence-corrected chi connectivity index (χ1v) is 7.19. The van der Waals surface area contributed by atoms with E-state index in [0.717, 1.165) is 5.56 Å². The van der Waals surface area contributed by atoms with Crippen LogP contribution in [0, 0.1) is 0 Å². The fraction of sp³-hybridized carbons (Fsp3) is 0.385. The monoisotopic (exact) mass is 282 g/mol. The molecule has 0 heterocycles. The number of rotatable bonds is 7. The second-order valence-electron chi connectivity index (χ2n) is 4.14. The summed E-state index contributed by atoms with van der Waals surface area (Å²) >= 11 is 1.48. The van der Waals surface area contributed by atoms with Crippen molar-refractivity contribution in [3.8, 4) is 0 Å². The van der Waals surface area contributed by atoms with Crippen LogP contribution in [0.25, 0.3) is 0 Å². The standard InChI is InChI=1S/C13H18N2O3S/c1-19-8-7-13(15,11(14)16)12(17)18-9-10-5-3-2-4-6-10/h2-6H,7-9,15H2,1H3,(H2,14,16)/t13-/m1/s1. The van der Waals surface area contributed by atoms with Gasteiger partial charge in [-0.25, -0.2) is 4.79 Å². The normalized spacial score (nSPS) is 13.6. The van der Waals surface area contributed by atoms with Gasteiger partial charge >= 0.3 is 5.97 Å². The summed E-state index contributed by atoms with van der Waals surface area (Å²) in [6.07, 6.45) is 2.02. The zero-order valence-corrected chi connectivity index (χ0v) is 11.6. The molecule has 5 nitrogen and oxygen atoms in total. The van der Waals surface area contributed by atoms with E-state index in [-0.39, 0.29) is 13.0 Å². The number of carbonyl (C=O) groups excluding carboxylic acids is 2. The topological polar surface area (TPSA) is 95.4 Å². The Morgan fingerprint density at radius 3 is 2.47 bits per heavy atom. The van der Waals surface area contributed by atoms with Crippen molar-refractivity contribution in [3.63, 3.8) is 0 Å². The van der Waals surface area contributed by atoms with Crippen molar-refractivity contribution >= 4 is 23.6 Å². The first-order chi connectivity index (χ1) is 9.00. The first kappa shape index (κ1) is 15.5. The molecule has 0 spiro atoms. The van der Waals surface area contributed by atoms with Crippen LogP contribution in [0.1, 0.15) is 12.0 Å². The van der Waals surface area contributed by atoms with E-state index in [1.54, 1.807) is 0 Å². The zero-order chi connectivity index (χ0) is 14.3. The molecule has 0 radical (unpaired) electrons. The molecule has 1 aromatic rings. The number of thioether (sulfide) groups is 1. The summed E-state index contributed by atoms with van der Waals surface area (Å²) in [5, 5.41) is 0. The van der Waals surface area contributed by atoms with Gasteiger partial charge < -0.3 is 16.2 Å². The summed E-state index contributed by atoms with van der Waals surface area (Å²) in [7, 11) is 0. The fourth-order valence-corrected chi connectivity index (χ4v) is 1.97. The lowest BCUT2D eigenvalue weighted by Crippen LogP contribution is -2.59. The number of hydrogen-bond acceptors (Lipinski definition) is 5. The molecule has 0 bridgehead atoms. The van der Waals surface area contributed by atoms with Crippen molar-refractivity contribution in [3.05, 3.63) is 35.9 Å². The minimum Gasteiger partial charge on any atom is -0.459 e. The highest BCUT2D eigenvalue weighted by molar-refractivity contribution is 7.98. The lowest BCUT2D eigenvalue weighted by molar-refractivity contribution is -0.155. The highest BCUT2D eigenvalue weighted by Crippen LogP contribution is 2.14. The van der Waals surface area contributed by atoms with Gasteiger partial charge in [-0.3, -0.25) is 4.79 Å². The Hall–Kier alpha value is -1.53. The maximum Gasteiger partial charge on any atom is 0.336 e. The SMILES string of the molecule is CSCC[C@@](N)(C(N)=O)C(=O)OCc1ccccc1. The molecule has 0 saturated heterocycles. The van der Waals surface area contributed by atoms with Gasteiger partial charge in [0.1, 0.15) is 6.61 Å². The molecule has 0 aliphatic heterocycles. The molecule has 1 aromatic carbocycles. The Morgan fingerprint density at radius 2 is 1.95 bits per heavy atom. The number of carbonyl (C=O) groups is 2. The molecule has 0 aromatic heterocycles. The van der Waals surface area contributed by atoms with E-state index < -0.39 is 17.4 Å². The maximum atomic E-state index is 11.9. The van der Waals surface area contributed by atoms with Gasteiger partial charge in [0.2, 0.25) is 5.91 Å². The van der Waals surface area contributed by atoms with Gasteiger partial charge in [0, 0.05) is 0 Å². The Bertz CT molecular complexity index is 439. The number of nitrogens with two attached hydrogens (primary N) is 2. The minimum absolute atomic E-state index is 0.0746. The number of primary amides is 1. The van der Waals surface area contributed by atoms with Crippen molar-refractivity contribution < 1.29 is 14.3 Å². The largest absolute Gasteiger partial charge is 0.459 e. The summed E-state index contributed by atoms with van der Waals surface area (Å²) in [5.41, 5.74) is 10.1. The van der Waals surface area contributed by atoms with Crippen LogP contribution in [-0.4, -0.2) is 29.4 Å². The molecule has 19 heavy (non-hydrogen) atoms. The smallest absolute Gasteiger partial charge is 0.336 e. The van der Waals surface area contributed by atoms with Crippen LogP contribution in [0.2, 0.25) is 0 Å². The van der Waals surface area contributed by atoms with Crippen molar-refractivity contribution in [1.29, 1.82) is 0 Å². The van der Waals surface area contributed by atoms with Crippen molar-refractivity contribution in [2.24, 2.45) is 11.5 Å². The van der Waals surface area contributed by atoms with Crippen LogP contribution in [0.3, 0.4) is 0 Å². The summed E-state index contributed by atoms with van der Waals surface area (Å²) in [6, 6.07) is 9.16. The van der Waals surface area contributed by atoms with E-state index >= 15 is 0 Å². The third-order valence-corrected chi connectivity index (χ3v) is 3.33. The van der Waals surface area contributed by atoms with Gasteiger partial charge in [-0.2, -0.15) is 11.8 Å². The predicted octanol–water partition coefficient (Wildman–Crippen LogP) is 0.666. The van der Waals surface area contributed by atoms with Gasteiger partial charge in [0.15, 0.2) is 5.54 Å². The summed E-state index contributed by atoms with van der Waals surface area (Å²) in [6.45, 7) is 0.0746. The molecule has 104 valence electrons. The molecular formula is C13H18N2O3S. The van der Waals surface area contributed by atoms with Crippen molar-refractivity contribution in [2.75, 3.05) is 12.0 Å². The number of esters is 1. The lowest BCUT2D eigenvalue weighted by atomic mass is 9.97. The summed E-state index contributed by atoms with van der Waals surface area (Å²) in [5.74, 6) is -1.09. The van der Waals surface area contributed by atoms with Gasteiger partial charge in [0.25, 0.3) is 0 Å². The highest BCUT2D eigenvalue weighted by Gasteiger charge is 2.41. The first-order valence-electron chi connectivity index (χ1n) is 5.79. The Balaban J connectivity index is 2.65. The minimum atomic E-state index is -1.75. The summed E-state index contributed by atoms with van der Waals surface area (Å²) in [4.78, 5) is 23.3. The number of benzene rings is 1. The van der Waals surface area contributed by atoms with Gasteiger partial charge in [0.05, 0.1) is 0 Å². The van der Waals surface area contributed by atoms with Gasteiger partial charge in [-0.05, 0) is 24.0 Å². The lowest BCUT2D eigenvalue weighted by Gasteiger charge is -2.23. The van der Waals surface area contributed by atoms with Crippen LogP contribution in [0.15, 0.2) is 30.3 Å². The average Bonchev–Trinajstić information content (AvgIpc) is 2.42. The van der Waals surface area contributed by atoms with Gasteiger partial charge in [-0.15, -0.1) is 0 Å². The number of hydrogen-bond donors (Lipinski definition) is 2. The van der Waals surface area contributed by atoms with Crippen molar-refractivity contribution in [2.45, 2.75) is 18.6 Å². The predicted molar refractivity (Wildman–Crippen MR) is 75.3 cm³/mol. The maximum absolute atomic E-state index is 11.9. The molecule has 1 amide bonds. The average molecular weight is 282 g/mol. The van der Waals surface area contributed by atoms with Crippen LogP contribution >= 0.6 is 11.8 Å². The van der Waals surface area contributed by atoms with Crippen LogP contribution in [0.5, 0.6) is 0 Å². The Kier molecular flexibility index (Phi) is 5.85. The molecule has 0 saturated carbocycles. The number of amides is 1. The van der Waals surface area contributed by atoms with Crippen molar-refractivity contribution in [1.82, 2.24) is 0 Å².